The number of hydroxylamine groups is 1. The Kier molecular flexibility index (Phi) is 4.40. The van der Waals surface area contributed by atoms with Gasteiger partial charge in [0.1, 0.15) is 0 Å². The van der Waals surface area contributed by atoms with Crippen LogP contribution in [0.3, 0.4) is 0 Å². The number of aliphatic hydroxyl groups is 1. The average Bonchev–Trinajstić information content (AvgIpc) is 2.58. The van der Waals surface area contributed by atoms with Crippen LogP contribution in [0.25, 0.3) is 6.08 Å². The molecule has 0 saturated heterocycles. The highest BCUT2D eigenvalue weighted by atomic mass is 16.5. The van der Waals surface area contributed by atoms with E-state index in [-0.39, 0.29) is 5.60 Å². The van der Waals surface area contributed by atoms with Crippen LogP contribution in [0, 0.1) is 17.8 Å². The van der Waals surface area contributed by atoms with E-state index >= 15 is 0 Å². The fourth-order valence-electron chi connectivity index (χ4n) is 5.51. The number of hydrogen-bond acceptors (Lipinski definition) is 4. The van der Waals surface area contributed by atoms with Gasteiger partial charge >= 0.3 is 0 Å². The number of rotatable bonds is 5. The maximum Gasteiger partial charge on any atom is 0.267 e. The molecule has 0 aromatic heterocycles. The summed E-state index contributed by atoms with van der Waals surface area (Å²) in [6.07, 6.45) is 8.46. The zero-order valence-electron chi connectivity index (χ0n) is 14.3. The van der Waals surface area contributed by atoms with Gasteiger partial charge in [-0.25, -0.2) is 5.48 Å². The molecular weight excluding hydrogens is 316 g/mol. The largest absolute Gasteiger partial charge is 0.390 e. The zero-order chi connectivity index (χ0) is 17.4. The van der Waals surface area contributed by atoms with Crippen molar-refractivity contribution in [2.45, 2.75) is 50.3 Å². The molecule has 4 N–H and O–H groups in total. The molecule has 4 bridgehead atoms. The third-order valence-corrected chi connectivity index (χ3v) is 6.30. The van der Waals surface area contributed by atoms with E-state index in [0.717, 1.165) is 37.3 Å². The molecule has 4 fully saturated rings. The maximum absolute atomic E-state index is 11.0. The van der Waals surface area contributed by atoms with Crippen molar-refractivity contribution < 1.29 is 15.1 Å². The van der Waals surface area contributed by atoms with Gasteiger partial charge in [-0.3, -0.25) is 10.0 Å². The smallest absolute Gasteiger partial charge is 0.267 e. The van der Waals surface area contributed by atoms with Gasteiger partial charge in [0, 0.05) is 18.7 Å². The van der Waals surface area contributed by atoms with Crippen molar-refractivity contribution in [2.75, 3.05) is 0 Å². The van der Waals surface area contributed by atoms with Crippen molar-refractivity contribution in [2.24, 2.45) is 17.8 Å². The van der Waals surface area contributed by atoms with Crippen LogP contribution in [-0.4, -0.2) is 27.9 Å². The van der Waals surface area contributed by atoms with E-state index in [2.05, 4.69) is 17.4 Å². The van der Waals surface area contributed by atoms with E-state index in [1.165, 1.54) is 24.5 Å². The lowest BCUT2D eigenvalue weighted by atomic mass is 9.52. The molecule has 2 unspecified atom stereocenters. The van der Waals surface area contributed by atoms with Crippen LogP contribution in [0.4, 0.5) is 0 Å². The summed E-state index contributed by atoms with van der Waals surface area (Å²) in [6, 6.07) is 8.60. The molecule has 0 radical (unpaired) electrons. The van der Waals surface area contributed by atoms with Gasteiger partial charge in [0.15, 0.2) is 0 Å². The van der Waals surface area contributed by atoms with Crippen molar-refractivity contribution in [1.82, 2.24) is 10.8 Å². The molecule has 1 aromatic rings. The Hall–Kier alpha value is -1.69. The van der Waals surface area contributed by atoms with Gasteiger partial charge in [0.05, 0.1) is 5.60 Å². The van der Waals surface area contributed by atoms with Gasteiger partial charge in [-0.05, 0) is 67.1 Å². The molecule has 25 heavy (non-hydrogen) atoms. The monoisotopic (exact) mass is 342 g/mol. The van der Waals surface area contributed by atoms with Crippen LogP contribution in [0.5, 0.6) is 0 Å². The van der Waals surface area contributed by atoms with Crippen LogP contribution >= 0.6 is 0 Å². The third-order valence-electron chi connectivity index (χ3n) is 6.30. The molecule has 4 saturated carbocycles. The Morgan fingerprint density at radius 2 is 1.84 bits per heavy atom. The molecule has 0 heterocycles. The number of amides is 1. The van der Waals surface area contributed by atoms with Gasteiger partial charge < -0.3 is 10.4 Å². The highest BCUT2D eigenvalue weighted by Gasteiger charge is 2.54. The predicted octanol–water partition coefficient (Wildman–Crippen LogP) is 2.23. The molecular formula is C20H26N2O3. The van der Waals surface area contributed by atoms with Crippen molar-refractivity contribution in [1.29, 1.82) is 0 Å². The lowest BCUT2D eigenvalue weighted by Gasteiger charge is -2.58. The van der Waals surface area contributed by atoms with Crippen LogP contribution < -0.4 is 10.8 Å². The maximum atomic E-state index is 11.0. The first kappa shape index (κ1) is 16.8. The Morgan fingerprint density at radius 1 is 1.16 bits per heavy atom. The number of hydrogen-bond donors (Lipinski definition) is 4. The van der Waals surface area contributed by atoms with Crippen molar-refractivity contribution in [3.05, 3.63) is 41.5 Å². The molecule has 1 amide bonds. The van der Waals surface area contributed by atoms with Crippen molar-refractivity contribution in [3.63, 3.8) is 0 Å². The van der Waals surface area contributed by atoms with E-state index in [1.807, 2.05) is 12.1 Å². The molecule has 4 aliphatic rings. The summed E-state index contributed by atoms with van der Waals surface area (Å²) in [7, 11) is 0. The highest BCUT2D eigenvalue weighted by Crippen LogP contribution is 2.55. The minimum Gasteiger partial charge on any atom is -0.390 e. The molecule has 1 aromatic carbocycles. The van der Waals surface area contributed by atoms with Gasteiger partial charge in [0.2, 0.25) is 0 Å². The average molecular weight is 342 g/mol. The summed E-state index contributed by atoms with van der Waals surface area (Å²) in [4.78, 5) is 11.0. The Bertz CT molecular complexity index is 654. The second-order valence-electron chi connectivity index (χ2n) is 8.15. The summed E-state index contributed by atoms with van der Waals surface area (Å²) in [5.41, 5.74) is 3.35. The molecule has 4 aliphatic carbocycles. The summed E-state index contributed by atoms with van der Waals surface area (Å²) >= 11 is 0. The van der Waals surface area contributed by atoms with E-state index in [1.54, 1.807) is 11.6 Å². The summed E-state index contributed by atoms with van der Waals surface area (Å²) in [5.74, 6) is 1.45. The zero-order valence-corrected chi connectivity index (χ0v) is 14.3. The summed E-state index contributed by atoms with van der Waals surface area (Å²) in [6.45, 7) is 0.835. The van der Waals surface area contributed by atoms with E-state index in [0.29, 0.717) is 17.9 Å². The standard InChI is InChI=1S/C20H26N2O3/c23-18(22-25)6-5-13-1-3-14(4-2-13)12-21-19-16-7-15-8-17(19)11-20(24,9-15)10-16/h1-6,15-17,19,21,24-25H,7-12H2,(H,22,23). The topological polar surface area (TPSA) is 81.6 Å². The number of nitrogens with one attached hydrogen (secondary N) is 2. The number of carbonyl (C=O) groups is 1. The third kappa shape index (κ3) is 3.50. The lowest BCUT2D eigenvalue weighted by Crippen LogP contribution is -2.60. The van der Waals surface area contributed by atoms with E-state index < -0.39 is 5.91 Å². The second-order valence-corrected chi connectivity index (χ2v) is 8.15. The SMILES string of the molecule is O=C(C=Cc1ccc(CNC2C3CC4CC2CC(O)(C4)C3)cc1)NO. The van der Waals surface area contributed by atoms with E-state index in [4.69, 9.17) is 5.21 Å². The summed E-state index contributed by atoms with van der Waals surface area (Å²) in [5, 5.41) is 22.9. The molecule has 5 rings (SSSR count). The van der Waals surface area contributed by atoms with E-state index in [9.17, 15) is 9.90 Å². The minimum atomic E-state index is -0.533. The first-order chi connectivity index (χ1) is 12.0. The van der Waals surface area contributed by atoms with Gasteiger partial charge in [-0.1, -0.05) is 24.3 Å². The Morgan fingerprint density at radius 3 is 2.44 bits per heavy atom. The highest BCUT2D eigenvalue weighted by molar-refractivity contribution is 5.90. The Balaban J connectivity index is 1.34. The fourth-order valence-corrected chi connectivity index (χ4v) is 5.51. The first-order valence-corrected chi connectivity index (χ1v) is 9.21. The van der Waals surface area contributed by atoms with Gasteiger partial charge in [-0.15, -0.1) is 0 Å². The van der Waals surface area contributed by atoms with Crippen LogP contribution in [0.2, 0.25) is 0 Å². The van der Waals surface area contributed by atoms with Gasteiger partial charge in [-0.2, -0.15) is 0 Å². The molecule has 0 aliphatic heterocycles. The normalized spacial score (nSPS) is 36.1. The fraction of sp³-hybridized carbons (Fsp3) is 0.550. The van der Waals surface area contributed by atoms with Crippen molar-refractivity contribution >= 4 is 12.0 Å². The molecule has 0 spiro atoms. The minimum absolute atomic E-state index is 0.372. The molecule has 5 nitrogen and oxygen atoms in total. The molecule has 5 heteroatoms. The number of carbonyl (C=O) groups excluding carboxylic acids is 1. The van der Waals surface area contributed by atoms with Crippen LogP contribution in [0.1, 0.15) is 43.2 Å². The number of benzene rings is 1. The lowest BCUT2D eigenvalue weighted by molar-refractivity contribution is -0.138. The second kappa shape index (κ2) is 6.56. The van der Waals surface area contributed by atoms with Crippen LogP contribution in [-0.2, 0) is 11.3 Å². The predicted molar refractivity (Wildman–Crippen MR) is 94.5 cm³/mol. The van der Waals surface area contributed by atoms with Gasteiger partial charge in [0.25, 0.3) is 5.91 Å². The summed E-state index contributed by atoms with van der Waals surface area (Å²) < 4.78 is 0. The van der Waals surface area contributed by atoms with Crippen molar-refractivity contribution in [3.8, 4) is 0 Å². The molecule has 2 atom stereocenters. The first-order valence-electron chi connectivity index (χ1n) is 9.21. The van der Waals surface area contributed by atoms with Crippen LogP contribution in [0.15, 0.2) is 30.3 Å². The quantitative estimate of drug-likeness (QED) is 0.376. The Labute approximate surface area is 148 Å². The molecule has 134 valence electrons.